The number of halogens is 1. The second kappa shape index (κ2) is 6.30. The number of thiophene rings is 1. The molecule has 2 aromatic heterocycles. The van der Waals surface area contributed by atoms with Crippen molar-refractivity contribution in [2.24, 2.45) is 0 Å². The van der Waals surface area contributed by atoms with Gasteiger partial charge in [0, 0.05) is 11.1 Å². The molecule has 26 heavy (non-hydrogen) atoms. The summed E-state index contributed by atoms with van der Waals surface area (Å²) in [5.41, 5.74) is -1.08. The molecule has 138 valence electrons. The maximum absolute atomic E-state index is 14.7. The summed E-state index contributed by atoms with van der Waals surface area (Å²) >= 11 is 1.67. The van der Waals surface area contributed by atoms with Crippen molar-refractivity contribution in [2.45, 2.75) is 58.2 Å². The molecular formula is C18H22BFN2O3S. The molecule has 0 spiro atoms. The lowest BCUT2D eigenvalue weighted by Gasteiger charge is -2.32. The van der Waals surface area contributed by atoms with Crippen LogP contribution >= 0.6 is 11.3 Å². The van der Waals surface area contributed by atoms with E-state index in [1.165, 1.54) is 11.0 Å². The topological polar surface area (TPSA) is 45.5 Å². The number of aromatic nitrogens is 2. The van der Waals surface area contributed by atoms with Crippen LogP contribution in [0.1, 0.15) is 50.2 Å². The number of fused-ring (bicyclic) bond motifs is 1. The van der Waals surface area contributed by atoms with Gasteiger partial charge in [0.25, 0.3) is 0 Å². The fourth-order valence-electron chi connectivity index (χ4n) is 3.04. The van der Waals surface area contributed by atoms with Gasteiger partial charge in [-0.2, -0.15) is 0 Å². The number of hydrogen-bond acceptors (Lipinski definition) is 5. The maximum atomic E-state index is 14.7. The summed E-state index contributed by atoms with van der Waals surface area (Å²) in [5, 5.41) is 2.04. The Morgan fingerprint density at radius 3 is 2.73 bits per heavy atom. The second-order valence-electron chi connectivity index (χ2n) is 7.67. The Kier molecular flexibility index (Phi) is 4.34. The first-order valence-corrected chi connectivity index (χ1v) is 9.57. The average molecular weight is 376 g/mol. The van der Waals surface area contributed by atoms with Crippen molar-refractivity contribution in [2.75, 3.05) is 0 Å². The minimum Gasteiger partial charge on any atom is -0.398 e. The monoisotopic (exact) mass is 376 g/mol. The lowest BCUT2D eigenvalue weighted by molar-refractivity contribution is 0.00268. The predicted octanol–water partition coefficient (Wildman–Crippen LogP) is 4.16. The van der Waals surface area contributed by atoms with Crippen molar-refractivity contribution in [3.63, 3.8) is 0 Å². The van der Waals surface area contributed by atoms with Crippen molar-refractivity contribution in [3.05, 3.63) is 45.8 Å². The van der Waals surface area contributed by atoms with E-state index in [1.54, 1.807) is 11.3 Å². The smallest absolute Gasteiger partial charge is 0.398 e. The standard InChI is InChI=1S/C18H22BFN2O3S/c1-17(2)18(3,4)25-19(24-17)15(20)8-12-9-22-10-13(14-6-5-7-26-14)23-11-16(22)21-12/h5-9,13H,10-11H2,1-4H3. The lowest BCUT2D eigenvalue weighted by Crippen LogP contribution is -2.41. The van der Waals surface area contributed by atoms with E-state index in [4.69, 9.17) is 14.0 Å². The quantitative estimate of drug-likeness (QED) is 0.755. The normalized spacial score (nSPS) is 24.7. The van der Waals surface area contributed by atoms with E-state index in [0.29, 0.717) is 18.8 Å². The Morgan fingerprint density at radius 1 is 1.35 bits per heavy atom. The van der Waals surface area contributed by atoms with Gasteiger partial charge in [0.2, 0.25) is 0 Å². The summed E-state index contributed by atoms with van der Waals surface area (Å²) in [6, 6.07) is 4.08. The zero-order valence-corrected chi connectivity index (χ0v) is 16.2. The van der Waals surface area contributed by atoms with E-state index in [2.05, 4.69) is 11.1 Å². The molecule has 0 aromatic carbocycles. The molecule has 1 saturated heterocycles. The molecule has 1 atom stereocenters. The van der Waals surface area contributed by atoms with Crippen molar-refractivity contribution >= 4 is 24.5 Å². The Hall–Kier alpha value is -1.48. The van der Waals surface area contributed by atoms with Gasteiger partial charge in [-0.15, -0.1) is 11.3 Å². The molecule has 1 fully saturated rings. The molecular weight excluding hydrogens is 354 g/mol. The van der Waals surface area contributed by atoms with Gasteiger partial charge in [0.15, 0.2) is 0 Å². The first kappa shape index (κ1) is 17.9. The summed E-state index contributed by atoms with van der Waals surface area (Å²) in [4.78, 5) is 5.65. The molecule has 0 amide bonds. The molecule has 2 aliphatic heterocycles. The van der Waals surface area contributed by atoms with Crippen LogP contribution in [0.25, 0.3) is 6.08 Å². The molecule has 0 saturated carbocycles. The maximum Gasteiger partial charge on any atom is 0.525 e. The van der Waals surface area contributed by atoms with Crippen LogP contribution in [0.5, 0.6) is 0 Å². The Morgan fingerprint density at radius 2 is 2.08 bits per heavy atom. The molecule has 0 aliphatic carbocycles. The third-order valence-electron chi connectivity index (χ3n) is 5.28. The molecule has 8 heteroatoms. The van der Waals surface area contributed by atoms with Gasteiger partial charge in [-0.1, -0.05) is 6.07 Å². The summed E-state index contributed by atoms with van der Waals surface area (Å²) in [5.74, 6) is 0.797. The summed E-state index contributed by atoms with van der Waals surface area (Å²) in [6.07, 6.45) is 3.25. The molecule has 0 N–H and O–H groups in total. The molecule has 5 nitrogen and oxygen atoms in total. The number of rotatable bonds is 3. The summed E-state index contributed by atoms with van der Waals surface area (Å²) < 4.78 is 34.1. The van der Waals surface area contributed by atoms with Crippen LogP contribution in [0.15, 0.2) is 29.4 Å². The first-order chi connectivity index (χ1) is 12.2. The molecule has 4 rings (SSSR count). The van der Waals surface area contributed by atoms with E-state index < -0.39 is 24.0 Å². The van der Waals surface area contributed by atoms with Gasteiger partial charge in [-0.05, 0) is 45.2 Å². The highest BCUT2D eigenvalue weighted by atomic mass is 32.1. The zero-order chi connectivity index (χ0) is 18.5. The fraction of sp³-hybridized carbons (Fsp3) is 0.500. The predicted molar refractivity (Wildman–Crippen MR) is 99.2 cm³/mol. The third kappa shape index (κ3) is 3.15. The molecule has 4 heterocycles. The lowest BCUT2D eigenvalue weighted by atomic mass is 9.87. The minimum atomic E-state index is -1.01. The molecule has 2 aromatic rings. The van der Waals surface area contributed by atoms with E-state index in [9.17, 15) is 4.39 Å². The van der Waals surface area contributed by atoms with E-state index in [1.807, 2.05) is 49.9 Å². The van der Waals surface area contributed by atoms with Crippen LogP contribution in [-0.4, -0.2) is 27.9 Å². The van der Waals surface area contributed by atoms with Gasteiger partial charge in [-0.3, -0.25) is 0 Å². The summed E-state index contributed by atoms with van der Waals surface area (Å²) in [7, 11) is -1.01. The zero-order valence-electron chi connectivity index (χ0n) is 15.4. The number of imidazole rings is 1. The number of ether oxygens (including phenoxy) is 1. The van der Waals surface area contributed by atoms with E-state index in [0.717, 1.165) is 5.82 Å². The van der Waals surface area contributed by atoms with E-state index in [-0.39, 0.29) is 6.10 Å². The Balaban J connectivity index is 1.51. The average Bonchev–Trinajstić information content (AvgIpc) is 3.25. The van der Waals surface area contributed by atoms with Crippen molar-refractivity contribution < 1.29 is 18.4 Å². The van der Waals surface area contributed by atoms with E-state index >= 15 is 0 Å². The largest absolute Gasteiger partial charge is 0.525 e. The molecule has 0 radical (unpaired) electrons. The van der Waals surface area contributed by atoms with Crippen LogP contribution in [0.3, 0.4) is 0 Å². The third-order valence-corrected chi connectivity index (χ3v) is 6.24. The molecule has 0 bridgehead atoms. The van der Waals surface area contributed by atoms with Crippen LogP contribution < -0.4 is 0 Å². The van der Waals surface area contributed by atoms with Crippen LogP contribution in [0.4, 0.5) is 4.39 Å². The van der Waals surface area contributed by atoms with Gasteiger partial charge >= 0.3 is 7.12 Å². The van der Waals surface area contributed by atoms with Gasteiger partial charge in [0.05, 0.1) is 23.4 Å². The highest BCUT2D eigenvalue weighted by Gasteiger charge is 2.53. The van der Waals surface area contributed by atoms with Gasteiger partial charge in [0.1, 0.15) is 24.3 Å². The van der Waals surface area contributed by atoms with Crippen molar-refractivity contribution in [1.29, 1.82) is 0 Å². The van der Waals surface area contributed by atoms with Crippen LogP contribution in [-0.2, 0) is 27.2 Å². The highest BCUT2D eigenvalue weighted by molar-refractivity contribution is 7.10. The van der Waals surface area contributed by atoms with Crippen LogP contribution in [0.2, 0.25) is 0 Å². The van der Waals surface area contributed by atoms with Crippen molar-refractivity contribution in [3.8, 4) is 0 Å². The van der Waals surface area contributed by atoms with Gasteiger partial charge in [-0.25, -0.2) is 9.37 Å². The first-order valence-electron chi connectivity index (χ1n) is 8.69. The number of hydrogen-bond donors (Lipinski definition) is 0. The molecule has 1 unspecified atom stereocenters. The highest BCUT2D eigenvalue weighted by Crippen LogP contribution is 2.39. The summed E-state index contributed by atoms with van der Waals surface area (Å²) in [6.45, 7) is 8.69. The Bertz CT molecular complexity index is 816. The Labute approximate surface area is 156 Å². The van der Waals surface area contributed by atoms with Gasteiger partial charge < -0.3 is 18.6 Å². The second-order valence-corrected chi connectivity index (χ2v) is 8.65. The number of nitrogens with zero attached hydrogens (tertiary/aromatic N) is 2. The molecule has 2 aliphatic rings. The fourth-order valence-corrected chi connectivity index (χ4v) is 3.80. The minimum absolute atomic E-state index is 0.0153. The van der Waals surface area contributed by atoms with Crippen molar-refractivity contribution in [1.82, 2.24) is 9.55 Å². The van der Waals surface area contributed by atoms with Crippen LogP contribution in [0, 0.1) is 0 Å². The SMILES string of the molecule is CC1(C)OB(C(F)=Cc2cn3c(n2)COC(c2cccs2)C3)OC1(C)C.